The van der Waals surface area contributed by atoms with Crippen molar-refractivity contribution in [1.29, 1.82) is 0 Å². The predicted octanol–water partition coefficient (Wildman–Crippen LogP) is -1.76. The zero-order chi connectivity index (χ0) is 21.6. The first-order valence-electron chi connectivity index (χ1n) is 9.70. The normalized spacial score (nSPS) is 23.2. The van der Waals surface area contributed by atoms with Crippen LogP contribution in [0.15, 0.2) is 0 Å². The number of imide groups is 1. The maximum absolute atomic E-state index is 12.3. The van der Waals surface area contributed by atoms with Gasteiger partial charge < -0.3 is 20.4 Å². The summed E-state index contributed by atoms with van der Waals surface area (Å²) in [5.74, 6) is -2.32. The van der Waals surface area contributed by atoms with E-state index in [1.54, 1.807) is 0 Å². The first-order valence-corrected chi connectivity index (χ1v) is 9.70. The van der Waals surface area contributed by atoms with Crippen molar-refractivity contribution >= 4 is 29.6 Å². The van der Waals surface area contributed by atoms with Crippen LogP contribution in [0.2, 0.25) is 0 Å². The molecule has 2 N–H and O–H groups in total. The molecule has 29 heavy (non-hydrogen) atoms. The van der Waals surface area contributed by atoms with Crippen molar-refractivity contribution in [3.05, 3.63) is 0 Å². The van der Waals surface area contributed by atoms with E-state index in [0.29, 0.717) is 17.6 Å². The Morgan fingerprint density at radius 2 is 1.59 bits per heavy atom. The molecule has 4 amide bonds. The van der Waals surface area contributed by atoms with Crippen LogP contribution in [0.5, 0.6) is 0 Å². The largest absolute Gasteiger partial charge is 0.355 e. The summed E-state index contributed by atoms with van der Waals surface area (Å²) in [5.41, 5.74) is 0. The molecule has 0 aromatic rings. The van der Waals surface area contributed by atoms with Gasteiger partial charge in [0.15, 0.2) is 0 Å². The van der Waals surface area contributed by atoms with Crippen molar-refractivity contribution in [1.82, 2.24) is 25.5 Å². The number of carbonyl (C=O) groups is 5. The smallest absolute Gasteiger partial charge is 0.334 e. The average molecular weight is 420 g/mol. The summed E-state index contributed by atoms with van der Waals surface area (Å²) >= 11 is 0. The monoisotopic (exact) mass is 420 g/mol. The van der Waals surface area contributed by atoms with Gasteiger partial charge in [-0.1, -0.05) is 0 Å². The van der Waals surface area contributed by atoms with Crippen molar-refractivity contribution < 1.29 is 28.8 Å². The van der Waals surface area contributed by atoms with Crippen LogP contribution in [0, 0.1) is 0 Å². The van der Waals surface area contributed by atoms with E-state index in [1.165, 1.54) is 0 Å². The molecule has 2 fully saturated rings. The molecule has 0 bridgehead atoms. The molecule has 2 rings (SSSR count). The topological polar surface area (TPSA) is 128 Å². The summed E-state index contributed by atoms with van der Waals surface area (Å²) in [6.45, 7) is 3.72. The zero-order valence-corrected chi connectivity index (χ0v) is 17.1. The number of likely N-dealkylation sites (N-methyl/N-ethyl adjacent to an activating group) is 2. The highest BCUT2D eigenvalue weighted by molar-refractivity contribution is 6.01. The third-order valence-corrected chi connectivity index (χ3v) is 5.10. The van der Waals surface area contributed by atoms with Gasteiger partial charge in [-0.05, 0) is 21.0 Å². The van der Waals surface area contributed by atoms with Gasteiger partial charge in [0.2, 0.25) is 11.8 Å². The fourth-order valence-electron chi connectivity index (χ4n) is 3.17. The Balaban J connectivity index is 1.60. The molecule has 11 nitrogen and oxygen atoms in total. The van der Waals surface area contributed by atoms with Gasteiger partial charge in [0.05, 0.1) is 6.42 Å². The van der Waals surface area contributed by atoms with Crippen LogP contribution < -0.4 is 10.6 Å². The summed E-state index contributed by atoms with van der Waals surface area (Å²) in [5, 5.41) is 5.77. The minimum Gasteiger partial charge on any atom is -0.355 e. The molecule has 2 saturated heterocycles. The van der Waals surface area contributed by atoms with E-state index in [0.717, 1.165) is 6.54 Å². The highest BCUT2D eigenvalue weighted by atomic mass is 16.8. The van der Waals surface area contributed by atoms with Gasteiger partial charge in [-0.3, -0.25) is 24.1 Å². The zero-order valence-electron chi connectivity index (χ0n) is 17.1. The Morgan fingerprint density at radius 1 is 0.966 bits per heavy atom. The Hall–Kier alpha value is -2.53. The Morgan fingerprint density at radius 3 is 2.24 bits per heavy atom. The number of rotatable bonds is 8. The number of amides is 4. The molecule has 0 saturated carbocycles. The summed E-state index contributed by atoms with van der Waals surface area (Å²) in [7, 11) is 3.88. The molecular formula is C18H29N5O6. The van der Waals surface area contributed by atoms with Crippen LogP contribution in [-0.4, -0.2) is 96.8 Å². The molecule has 0 aliphatic carbocycles. The maximum Gasteiger partial charge on any atom is 0.334 e. The fraction of sp³-hybridized carbons (Fsp3) is 0.722. The predicted molar refractivity (Wildman–Crippen MR) is 101 cm³/mol. The van der Waals surface area contributed by atoms with Crippen molar-refractivity contribution in [3.63, 3.8) is 0 Å². The standard InChI is InChI=1S/C18H29N5O6/c1-12-10-22(3)13(11-21(12)2)18(28)20-8-6-14(24)19-9-7-17(27)29-23-15(25)4-5-16(23)26/h12-13H,4-11H2,1-3H3,(H,19,24)(H,20,28)/i2+1,3+1,10+1,11+1,12+1,13+1,17+1,21+1,22+1. The first-order chi connectivity index (χ1) is 13.7. The number of hydroxylamine groups is 2. The molecule has 2 atom stereocenters. The molecule has 2 heterocycles. The lowest BCUT2D eigenvalue weighted by atomic mass is 10.4. The lowest BCUT2D eigenvalue weighted by Crippen LogP contribution is -2.59. The highest BCUT2D eigenvalue weighted by Gasteiger charge is 2.33. The van der Waals surface area contributed by atoms with Crippen LogP contribution in [0.4, 0.5) is 0 Å². The molecule has 162 valence electrons. The van der Waals surface area contributed by atoms with Crippen LogP contribution in [0.1, 0.15) is 32.6 Å². The van der Waals surface area contributed by atoms with Crippen molar-refractivity contribution in [2.75, 3.05) is 40.3 Å². The second-order valence-electron chi connectivity index (χ2n) is 7.43. The van der Waals surface area contributed by atoms with Crippen LogP contribution in [-0.2, 0) is 28.8 Å². The summed E-state index contributed by atoms with van der Waals surface area (Å²) in [6, 6.07) is 0.119. The van der Waals surface area contributed by atoms with Gasteiger partial charge in [0.25, 0.3) is 11.8 Å². The molecule has 2 unspecified atom stereocenters. The molecule has 0 radical (unpaired) electrons. The van der Waals surface area contributed by atoms with E-state index < -0.39 is 17.8 Å². The molecule has 0 aromatic heterocycles. The van der Waals surface area contributed by atoms with Crippen molar-refractivity contribution in [2.45, 2.75) is 44.7 Å². The van der Waals surface area contributed by atoms with Crippen LogP contribution >= 0.6 is 0 Å². The van der Waals surface area contributed by atoms with Gasteiger partial charge in [-0.25, -0.2) is 4.79 Å². The van der Waals surface area contributed by atoms with E-state index in [4.69, 9.17) is 4.84 Å². The second kappa shape index (κ2) is 10.3. The third-order valence-electron chi connectivity index (χ3n) is 5.10. The third kappa shape index (κ3) is 6.50. The minimum atomic E-state index is -0.777. The number of nitrogens with one attached hydrogen (secondary N) is 2. The van der Waals surface area contributed by atoms with E-state index in [9.17, 15) is 24.0 Å². The summed E-state index contributed by atoms with van der Waals surface area (Å²) < 4.78 is 0. The van der Waals surface area contributed by atoms with Gasteiger partial charge >= 0.3 is 5.97 Å². The molecule has 2 aliphatic heterocycles. The highest BCUT2D eigenvalue weighted by Crippen LogP contribution is 2.13. The number of piperazine rings is 1. The van der Waals surface area contributed by atoms with E-state index in [-0.39, 0.29) is 56.6 Å². The van der Waals surface area contributed by atoms with Gasteiger partial charge in [-0.2, -0.15) is 0 Å². The number of carbonyl (C=O) groups excluding carboxylic acids is 5. The minimum absolute atomic E-state index is 0.00980. The number of hydrogen-bond acceptors (Lipinski definition) is 8. The van der Waals surface area contributed by atoms with Gasteiger partial charge in [0, 0.05) is 51.5 Å². The SMILES string of the molecule is C[13CH]1[13CH2][15N]([13CH3])[13CH](C(=O)NCCC(=O)NCC[13C](=O)ON2C(=O)CCC2=O)[13CH2][15N]1[13CH3]. The molecule has 0 spiro atoms. The Bertz CT molecular complexity index is 653. The molecule has 11 heteroatoms. The van der Waals surface area contributed by atoms with Gasteiger partial charge in [0.1, 0.15) is 6.04 Å². The van der Waals surface area contributed by atoms with Crippen LogP contribution in [0.3, 0.4) is 0 Å². The van der Waals surface area contributed by atoms with Crippen molar-refractivity contribution in [3.8, 4) is 0 Å². The Labute approximate surface area is 169 Å². The fourth-order valence-corrected chi connectivity index (χ4v) is 3.17. The molecule has 2 aliphatic rings. The number of hydrogen-bond donors (Lipinski definition) is 2. The summed E-state index contributed by atoms with van der Waals surface area (Å²) in [6.07, 6.45) is -0.0415. The molecular weight excluding hydrogens is 391 g/mol. The van der Waals surface area contributed by atoms with Crippen molar-refractivity contribution in [2.24, 2.45) is 0 Å². The average Bonchev–Trinajstić information content (AvgIpc) is 2.96. The van der Waals surface area contributed by atoms with Crippen LogP contribution in [0.25, 0.3) is 0 Å². The van der Waals surface area contributed by atoms with E-state index in [1.807, 2.05) is 19.0 Å². The molecule has 0 aromatic carbocycles. The first kappa shape index (κ1) is 22.8. The maximum atomic E-state index is 12.3. The van der Waals surface area contributed by atoms with E-state index >= 15 is 0 Å². The summed E-state index contributed by atoms with van der Waals surface area (Å²) in [4.78, 5) is 67.4. The lowest BCUT2D eigenvalue weighted by Gasteiger charge is -2.41. The lowest BCUT2D eigenvalue weighted by molar-refractivity contribution is -0.197. The Kier molecular flexibility index (Phi) is 8.09. The number of nitrogens with zero attached hydrogens (tertiary/aromatic N) is 3. The second-order valence-corrected chi connectivity index (χ2v) is 7.43. The van der Waals surface area contributed by atoms with Gasteiger partial charge in [-0.15, -0.1) is 5.06 Å². The van der Waals surface area contributed by atoms with E-state index in [2.05, 4.69) is 22.5 Å². The quantitative estimate of drug-likeness (QED) is 0.269.